The van der Waals surface area contributed by atoms with Crippen molar-refractivity contribution in [2.75, 3.05) is 20.2 Å². The Balaban J connectivity index is 2.23. The summed E-state index contributed by atoms with van der Waals surface area (Å²) in [6.07, 6.45) is 3.42. The lowest BCUT2D eigenvalue weighted by Crippen LogP contribution is -2.23. The maximum absolute atomic E-state index is 11.0. The van der Waals surface area contributed by atoms with Gasteiger partial charge in [0.25, 0.3) is 0 Å². The second-order valence-corrected chi connectivity index (χ2v) is 4.54. The quantitative estimate of drug-likeness (QED) is 0.749. The third kappa shape index (κ3) is 2.50. The molecule has 1 aliphatic rings. The first-order valence-corrected chi connectivity index (χ1v) is 6.13. The van der Waals surface area contributed by atoms with Crippen LogP contribution in [-0.2, 0) is 0 Å². The molecule has 1 heterocycles. The summed E-state index contributed by atoms with van der Waals surface area (Å²) >= 11 is 0. The van der Waals surface area contributed by atoms with Crippen LogP contribution < -0.4 is 4.74 Å². The molecule has 0 aromatic heterocycles. The average Bonchev–Trinajstić information content (AvgIpc) is 2.90. The van der Waals surface area contributed by atoms with E-state index in [-0.39, 0.29) is 0 Å². The number of rotatable bonds is 4. The van der Waals surface area contributed by atoms with Gasteiger partial charge in [0.15, 0.2) is 6.29 Å². The van der Waals surface area contributed by atoms with Crippen molar-refractivity contribution in [2.45, 2.75) is 25.8 Å². The van der Waals surface area contributed by atoms with Crippen molar-refractivity contribution in [1.82, 2.24) is 4.90 Å². The minimum Gasteiger partial charge on any atom is -0.496 e. The van der Waals surface area contributed by atoms with Gasteiger partial charge in [0.05, 0.1) is 12.7 Å². The van der Waals surface area contributed by atoms with E-state index in [1.807, 2.05) is 12.1 Å². The summed E-state index contributed by atoms with van der Waals surface area (Å²) in [4.78, 5) is 13.4. The van der Waals surface area contributed by atoms with Crippen molar-refractivity contribution in [1.29, 1.82) is 0 Å². The Morgan fingerprint density at radius 3 is 2.65 bits per heavy atom. The van der Waals surface area contributed by atoms with Crippen LogP contribution in [0.2, 0.25) is 0 Å². The van der Waals surface area contributed by atoms with Crippen LogP contribution in [0.3, 0.4) is 0 Å². The number of methoxy groups -OCH3 is 1. The maximum Gasteiger partial charge on any atom is 0.153 e. The minimum atomic E-state index is 0.377. The molecular formula is C14H19NO2. The summed E-state index contributed by atoms with van der Waals surface area (Å²) in [6, 6.07) is 6.25. The average molecular weight is 233 g/mol. The van der Waals surface area contributed by atoms with Crippen molar-refractivity contribution < 1.29 is 9.53 Å². The normalized spacial score (nSPS) is 18.0. The van der Waals surface area contributed by atoms with Crippen molar-refractivity contribution in [2.24, 2.45) is 0 Å². The predicted molar refractivity (Wildman–Crippen MR) is 67.6 cm³/mol. The zero-order valence-electron chi connectivity index (χ0n) is 10.5. The van der Waals surface area contributed by atoms with Crippen LogP contribution in [0.1, 0.15) is 41.7 Å². The molecule has 3 nitrogen and oxygen atoms in total. The third-order valence-electron chi connectivity index (χ3n) is 3.55. The molecule has 1 aromatic rings. The highest BCUT2D eigenvalue weighted by Crippen LogP contribution is 2.27. The Bertz CT molecular complexity index is 397. The molecule has 3 heteroatoms. The smallest absolute Gasteiger partial charge is 0.153 e. The van der Waals surface area contributed by atoms with Crippen molar-refractivity contribution in [3.8, 4) is 5.75 Å². The minimum absolute atomic E-state index is 0.377. The molecule has 0 saturated carbocycles. The van der Waals surface area contributed by atoms with Crippen LogP contribution in [0, 0.1) is 0 Å². The highest BCUT2D eigenvalue weighted by atomic mass is 16.5. The number of carbonyl (C=O) groups excluding carboxylic acids is 1. The molecule has 0 bridgehead atoms. The molecule has 1 atom stereocenters. The molecule has 2 rings (SSSR count). The standard InChI is InChI=1S/C14H19NO2/c1-11(15-7-3-4-8-15)12-5-6-14(17-2)13(9-12)10-16/h5-6,9-11H,3-4,7-8H2,1-2H3. The van der Waals surface area contributed by atoms with Crippen LogP contribution in [0.5, 0.6) is 5.75 Å². The highest BCUT2D eigenvalue weighted by molar-refractivity contribution is 5.79. The van der Waals surface area contributed by atoms with E-state index in [9.17, 15) is 4.79 Å². The lowest BCUT2D eigenvalue weighted by atomic mass is 10.0. The number of likely N-dealkylation sites (tertiary alicyclic amines) is 1. The number of hydrogen-bond acceptors (Lipinski definition) is 3. The fourth-order valence-electron chi connectivity index (χ4n) is 2.44. The number of benzene rings is 1. The molecule has 1 aromatic carbocycles. The Morgan fingerprint density at radius 1 is 1.35 bits per heavy atom. The molecule has 0 amide bonds. The summed E-state index contributed by atoms with van der Waals surface area (Å²) in [7, 11) is 1.59. The van der Waals surface area contributed by atoms with Gasteiger partial charge in [0.1, 0.15) is 5.75 Å². The summed E-state index contributed by atoms with van der Waals surface area (Å²) in [5.74, 6) is 0.650. The van der Waals surface area contributed by atoms with Crippen molar-refractivity contribution >= 4 is 6.29 Å². The number of nitrogens with zero attached hydrogens (tertiary/aromatic N) is 1. The zero-order chi connectivity index (χ0) is 12.3. The van der Waals surface area contributed by atoms with Gasteiger partial charge >= 0.3 is 0 Å². The molecule has 0 N–H and O–H groups in total. The topological polar surface area (TPSA) is 29.5 Å². The highest BCUT2D eigenvalue weighted by Gasteiger charge is 2.20. The van der Waals surface area contributed by atoms with Gasteiger partial charge in [0.2, 0.25) is 0 Å². The Labute approximate surface area is 102 Å². The van der Waals surface area contributed by atoms with Gasteiger partial charge < -0.3 is 4.74 Å². The summed E-state index contributed by atoms with van der Waals surface area (Å²) in [5, 5.41) is 0. The van der Waals surface area contributed by atoms with E-state index in [4.69, 9.17) is 4.74 Å². The number of ether oxygens (including phenoxy) is 1. The Kier molecular flexibility index (Phi) is 3.79. The molecule has 0 radical (unpaired) electrons. The van der Waals surface area contributed by atoms with E-state index >= 15 is 0 Å². The van der Waals surface area contributed by atoms with E-state index in [2.05, 4.69) is 17.9 Å². The number of hydrogen-bond donors (Lipinski definition) is 0. The largest absolute Gasteiger partial charge is 0.496 e. The lowest BCUT2D eigenvalue weighted by molar-refractivity contribution is 0.112. The Morgan fingerprint density at radius 2 is 2.06 bits per heavy atom. The van der Waals surface area contributed by atoms with Gasteiger partial charge in [0, 0.05) is 6.04 Å². The van der Waals surface area contributed by atoms with Crippen LogP contribution in [0.25, 0.3) is 0 Å². The third-order valence-corrected chi connectivity index (χ3v) is 3.55. The first-order valence-electron chi connectivity index (χ1n) is 6.13. The molecule has 17 heavy (non-hydrogen) atoms. The second kappa shape index (κ2) is 5.32. The fraction of sp³-hybridized carbons (Fsp3) is 0.500. The van der Waals surface area contributed by atoms with Crippen molar-refractivity contribution in [3.63, 3.8) is 0 Å². The Hall–Kier alpha value is -1.35. The first kappa shape index (κ1) is 12.1. The maximum atomic E-state index is 11.0. The summed E-state index contributed by atoms with van der Waals surface area (Å²) in [5.41, 5.74) is 1.82. The van der Waals surface area contributed by atoms with Crippen LogP contribution in [0.15, 0.2) is 18.2 Å². The molecular weight excluding hydrogens is 214 g/mol. The van der Waals surface area contributed by atoms with Crippen LogP contribution in [-0.4, -0.2) is 31.4 Å². The van der Waals surface area contributed by atoms with E-state index in [1.165, 1.54) is 18.4 Å². The van der Waals surface area contributed by atoms with Crippen LogP contribution in [0.4, 0.5) is 0 Å². The van der Waals surface area contributed by atoms with E-state index in [0.29, 0.717) is 17.4 Å². The molecule has 1 aliphatic heterocycles. The second-order valence-electron chi connectivity index (χ2n) is 4.54. The number of carbonyl (C=O) groups is 1. The molecule has 92 valence electrons. The van der Waals surface area contributed by atoms with Crippen LogP contribution >= 0.6 is 0 Å². The fourth-order valence-corrected chi connectivity index (χ4v) is 2.44. The summed E-state index contributed by atoms with van der Waals surface area (Å²) in [6.45, 7) is 4.51. The van der Waals surface area contributed by atoms with E-state index in [1.54, 1.807) is 7.11 Å². The molecule has 0 aliphatic carbocycles. The molecule has 1 fully saturated rings. The number of aldehydes is 1. The zero-order valence-corrected chi connectivity index (χ0v) is 10.5. The molecule has 0 spiro atoms. The lowest BCUT2D eigenvalue weighted by Gasteiger charge is -2.24. The van der Waals surface area contributed by atoms with E-state index in [0.717, 1.165) is 19.4 Å². The molecule has 1 unspecified atom stereocenters. The van der Waals surface area contributed by atoms with Gasteiger partial charge in [-0.15, -0.1) is 0 Å². The monoisotopic (exact) mass is 233 g/mol. The first-order chi connectivity index (χ1) is 8.26. The van der Waals surface area contributed by atoms with Gasteiger partial charge in [-0.3, -0.25) is 9.69 Å². The van der Waals surface area contributed by atoms with Gasteiger partial charge in [-0.25, -0.2) is 0 Å². The molecule has 1 saturated heterocycles. The van der Waals surface area contributed by atoms with E-state index < -0.39 is 0 Å². The van der Waals surface area contributed by atoms with Gasteiger partial charge in [-0.1, -0.05) is 6.07 Å². The van der Waals surface area contributed by atoms with Gasteiger partial charge in [-0.05, 0) is 50.6 Å². The van der Waals surface area contributed by atoms with Crippen molar-refractivity contribution in [3.05, 3.63) is 29.3 Å². The summed E-state index contributed by atoms with van der Waals surface area (Å²) < 4.78 is 5.15. The SMILES string of the molecule is COc1ccc(C(C)N2CCCC2)cc1C=O. The predicted octanol–water partition coefficient (Wildman–Crippen LogP) is 2.66. The van der Waals surface area contributed by atoms with Gasteiger partial charge in [-0.2, -0.15) is 0 Å².